The molecule has 1 amide bonds. The maximum Gasteiger partial charge on any atom is 0.255 e. The molecule has 0 saturated carbocycles. The first-order valence-corrected chi connectivity index (χ1v) is 10.7. The summed E-state index contributed by atoms with van der Waals surface area (Å²) >= 11 is 0. The van der Waals surface area contributed by atoms with Gasteiger partial charge in [-0.15, -0.1) is 0 Å². The standard InChI is InChI=1S/C20H24N2O6S/c1-26-18-10-5-14(12-19(18)27-2)20(23)22-15-6-8-17(9-7-15)29(24,25)21-13-16-4-3-11-28-16/h5-10,12,16,21H,3-4,11,13H2,1-2H3,(H,22,23). The molecule has 0 spiro atoms. The summed E-state index contributed by atoms with van der Waals surface area (Å²) in [4.78, 5) is 12.6. The van der Waals surface area contributed by atoms with Crippen LogP contribution < -0.4 is 19.5 Å². The second-order valence-corrected chi connectivity index (χ2v) is 8.30. The minimum Gasteiger partial charge on any atom is -0.493 e. The lowest BCUT2D eigenvalue weighted by Crippen LogP contribution is -2.31. The highest BCUT2D eigenvalue weighted by Crippen LogP contribution is 2.28. The van der Waals surface area contributed by atoms with E-state index in [1.165, 1.54) is 26.4 Å². The van der Waals surface area contributed by atoms with Crippen molar-refractivity contribution in [3.8, 4) is 11.5 Å². The van der Waals surface area contributed by atoms with Crippen molar-refractivity contribution in [2.75, 3.05) is 32.7 Å². The number of nitrogens with one attached hydrogen (secondary N) is 2. The average molecular weight is 420 g/mol. The molecule has 8 nitrogen and oxygen atoms in total. The molecule has 156 valence electrons. The first kappa shape index (κ1) is 21.1. The molecular formula is C20H24N2O6S. The third-order valence-corrected chi connectivity index (χ3v) is 6.03. The van der Waals surface area contributed by atoms with Crippen LogP contribution >= 0.6 is 0 Å². The summed E-state index contributed by atoms with van der Waals surface area (Å²) in [7, 11) is -0.627. The van der Waals surface area contributed by atoms with Gasteiger partial charge in [-0.1, -0.05) is 0 Å². The number of benzene rings is 2. The smallest absolute Gasteiger partial charge is 0.255 e. The Balaban J connectivity index is 1.64. The minimum absolute atomic E-state index is 0.0789. The highest BCUT2D eigenvalue weighted by atomic mass is 32.2. The number of anilines is 1. The molecule has 1 unspecified atom stereocenters. The van der Waals surface area contributed by atoms with E-state index >= 15 is 0 Å². The van der Waals surface area contributed by atoms with Gasteiger partial charge in [0.25, 0.3) is 5.91 Å². The fourth-order valence-corrected chi connectivity index (χ4v) is 4.06. The SMILES string of the molecule is COc1ccc(C(=O)Nc2ccc(S(=O)(=O)NCC3CCCO3)cc2)cc1OC. The van der Waals surface area contributed by atoms with Crippen LogP contribution in [0.15, 0.2) is 47.4 Å². The Morgan fingerprint density at radius 1 is 1.10 bits per heavy atom. The van der Waals surface area contributed by atoms with Crippen molar-refractivity contribution in [2.45, 2.75) is 23.8 Å². The van der Waals surface area contributed by atoms with Crippen LogP contribution in [0.4, 0.5) is 5.69 Å². The second-order valence-electron chi connectivity index (χ2n) is 6.54. The number of amides is 1. The Bertz CT molecular complexity index is 953. The molecule has 29 heavy (non-hydrogen) atoms. The fraction of sp³-hybridized carbons (Fsp3) is 0.350. The van der Waals surface area contributed by atoms with E-state index in [0.717, 1.165) is 12.8 Å². The Labute approximate surface area is 170 Å². The maximum atomic E-state index is 12.5. The fourth-order valence-electron chi connectivity index (χ4n) is 2.99. The summed E-state index contributed by atoms with van der Waals surface area (Å²) in [5.74, 6) is 0.617. The summed E-state index contributed by atoms with van der Waals surface area (Å²) in [5, 5.41) is 2.73. The molecule has 9 heteroatoms. The zero-order chi connectivity index (χ0) is 20.9. The first-order valence-electron chi connectivity index (χ1n) is 9.17. The molecule has 3 rings (SSSR count). The summed E-state index contributed by atoms with van der Waals surface area (Å²) < 4.78 is 43.1. The number of carbonyl (C=O) groups is 1. The van der Waals surface area contributed by atoms with E-state index in [1.807, 2.05) is 0 Å². The third-order valence-electron chi connectivity index (χ3n) is 4.59. The largest absolute Gasteiger partial charge is 0.493 e. The summed E-state index contributed by atoms with van der Waals surface area (Å²) in [5.41, 5.74) is 0.862. The van der Waals surface area contributed by atoms with Gasteiger partial charge in [-0.2, -0.15) is 0 Å². The van der Waals surface area contributed by atoms with E-state index in [4.69, 9.17) is 14.2 Å². The van der Waals surface area contributed by atoms with Gasteiger partial charge in [0.1, 0.15) is 0 Å². The van der Waals surface area contributed by atoms with E-state index in [-0.39, 0.29) is 23.5 Å². The van der Waals surface area contributed by atoms with Crippen LogP contribution in [0.1, 0.15) is 23.2 Å². The van der Waals surface area contributed by atoms with E-state index in [0.29, 0.717) is 29.4 Å². The molecule has 1 atom stereocenters. The van der Waals surface area contributed by atoms with Gasteiger partial charge >= 0.3 is 0 Å². The number of methoxy groups -OCH3 is 2. The molecule has 2 aromatic rings. The van der Waals surface area contributed by atoms with Crippen LogP contribution in [0.3, 0.4) is 0 Å². The molecule has 1 fully saturated rings. The lowest BCUT2D eigenvalue weighted by Gasteiger charge is -2.12. The first-order chi connectivity index (χ1) is 13.9. The highest BCUT2D eigenvalue weighted by molar-refractivity contribution is 7.89. The molecule has 0 aromatic heterocycles. The molecule has 2 aromatic carbocycles. The van der Waals surface area contributed by atoms with Crippen molar-refractivity contribution in [2.24, 2.45) is 0 Å². The Hall–Kier alpha value is -2.62. The lowest BCUT2D eigenvalue weighted by atomic mass is 10.2. The molecular weight excluding hydrogens is 396 g/mol. The van der Waals surface area contributed by atoms with Gasteiger partial charge in [-0.25, -0.2) is 13.1 Å². The zero-order valence-electron chi connectivity index (χ0n) is 16.3. The Kier molecular flexibility index (Phi) is 6.73. The van der Waals surface area contributed by atoms with Crippen LogP contribution in [0, 0.1) is 0 Å². The molecule has 1 heterocycles. The van der Waals surface area contributed by atoms with Gasteiger partial charge in [0.05, 0.1) is 25.2 Å². The number of ether oxygens (including phenoxy) is 3. The lowest BCUT2D eigenvalue weighted by molar-refractivity contribution is 0.102. The van der Waals surface area contributed by atoms with Gasteiger partial charge in [-0.3, -0.25) is 4.79 Å². The van der Waals surface area contributed by atoms with Crippen LogP contribution in [-0.2, 0) is 14.8 Å². The molecule has 1 saturated heterocycles. The molecule has 1 aliphatic heterocycles. The summed E-state index contributed by atoms with van der Waals surface area (Å²) in [6.07, 6.45) is 1.72. The highest BCUT2D eigenvalue weighted by Gasteiger charge is 2.20. The van der Waals surface area contributed by atoms with Crippen molar-refractivity contribution < 1.29 is 27.4 Å². The number of sulfonamides is 1. The number of hydrogen-bond donors (Lipinski definition) is 2. The molecule has 0 bridgehead atoms. The zero-order valence-corrected chi connectivity index (χ0v) is 17.1. The van der Waals surface area contributed by atoms with Crippen LogP contribution in [0.2, 0.25) is 0 Å². The van der Waals surface area contributed by atoms with Crippen LogP contribution in [-0.4, -0.2) is 47.8 Å². The molecule has 0 radical (unpaired) electrons. The van der Waals surface area contributed by atoms with Gasteiger partial charge in [0.15, 0.2) is 11.5 Å². The predicted octanol–water partition coefficient (Wildman–Crippen LogP) is 2.41. The van der Waals surface area contributed by atoms with Crippen molar-refractivity contribution in [1.82, 2.24) is 4.72 Å². The van der Waals surface area contributed by atoms with Gasteiger partial charge in [0, 0.05) is 24.4 Å². The summed E-state index contributed by atoms with van der Waals surface area (Å²) in [6.45, 7) is 0.918. The Morgan fingerprint density at radius 3 is 2.45 bits per heavy atom. The Morgan fingerprint density at radius 2 is 1.83 bits per heavy atom. The monoisotopic (exact) mass is 420 g/mol. The van der Waals surface area contributed by atoms with Gasteiger partial charge < -0.3 is 19.5 Å². The number of carbonyl (C=O) groups excluding carboxylic acids is 1. The van der Waals surface area contributed by atoms with Crippen molar-refractivity contribution in [1.29, 1.82) is 0 Å². The van der Waals surface area contributed by atoms with E-state index in [1.54, 1.807) is 30.3 Å². The number of rotatable bonds is 8. The quantitative estimate of drug-likeness (QED) is 0.680. The summed E-state index contributed by atoms with van der Waals surface area (Å²) in [6, 6.07) is 10.8. The van der Waals surface area contributed by atoms with E-state index in [9.17, 15) is 13.2 Å². The van der Waals surface area contributed by atoms with Crippen molar-refractivity contribution in [3.63, 3.8) is 0 Å². The van der Waals surface area contributed by atoms with E-state index < -0.39 is 10.0 Å². The normalized spacial score (nSPS) is 16.4. The average Bonchev–Trinajstić information content (AvgIpc) is 3.26. The second kappa shape index (κ2) is 9.25. The molecule has 2 N–H and O–H groups in total. The van der Waals surface area contributed by atoms with Gasteiger partial charge in [0.2, 0.25) is 10.0 Å². The van der Waals surface area contributed by atoms with Crippen LogP contribution in [0.25, 0.3) is 0 Å². The van der Waals surface area contributed by atoms with Crippen molar-refractivity contribution in [3.05, 3.63) is 48.0 Å². The number of hydrogen-bond acceptors (Lipinski definition) is 6. The van der Waals surface area contributed by atoms with Crippen LogP contribution in [0.5, 0.6) is 11.5 Å². The predicted molar refractivity (Wildman–Crippen MR) is 108 cm³/mol. The topological polar surface area (TPSA) is 103 Å². The van der Waals surface area contributed by atoms with E-state index in [2.05, 4.69) is 10.0 Å². The molecule has 1 aliphatic rings. The minimum atomic E-state index is -3.63. The maximum absolute atomic E-state index is 12.5. The van der Waals surface area contributed by atoms with Gasteiger partial charge in [-0.05, 0) is 55.3 Å². The van der Waals surface area contributed by atoms with Crippen molar-refractivity contribution >= 4 is 21.6 Å². The molecule has 0 aliphatic carbocycles. The third kappa shape index (κ3) is 5.26.